The molecule has 1 aliphatic heterocycles. The Bertz CT molecular complexity index is 490. The summed E-state index contributed by atoms with van der Waals surface area (Å²) in [7, 11) is 1.58. The molecule has 1 atom stereocenters. The van der Waals surface area contributed by atoms with Gasteiger partial charge in [0.2, 0.25) is 5.95 Å². The fourth-order valence-electron chi connectivity index (χ4n) is 1.62. The van der Waals surface area contributed by atoms with Gasteiger partial charge in [-0.05, 0) is 6.07 Å². The van der Waals surface area contributed by atoms with Gasteiger partial charge in [0.25, 0.3) is 6.02 Å². The Balaban J connectivity index is 2.09. The van der Waals surface area contributed by atoms with Crippen LogP contribution in [0, 0.1) is 0 Å². The van der Waals surface area contributed by atoms with Crippen LogP contribution in [0.5, 0.6) is 0 Å². The number of amidine groups is 1. The molecule has 1 aromatic rings. The highest BCUT2D eigenvalue weighted by Crippen LogP contribution is 2.28. The molecule has 0 saturated carbocycles. The maximum absolute atomic E-state index is 12.5. The van der Waals surface area contributed by atoms with Crippen molar-refractivity contribution in [1.82, 2.24) is 9.97 Å². The van der Waals surface area contributed by atoms with Gasteiger partial charge in [0.05, 0.1) is 0 Å². The average Bonchev–Trinajstić information content (AvgIpc) is 2.74. The molecule has 0 fully saturated rings. The number of hydrogen-bond donors (Lipinski definition) is 1. The van der Waals surface area contributed by atoms with E-state index in [1.54, 1.807) is 7.05 Å². The van der Waals surface area contributed by atoms with Crippen molar-refractivity contribution in [3.63, 3.8) is 0 Å². The summed E-state index contributed by atoms with van der Waals surface area (Å²) in [6, 6.07) is 0.679. The second-order valence-electron chi connectivity index (χ2n) is 4.05. The van der Waals surface area contributed by atoms with Crippen molar-refractivity contribution < 1.29 is 17.9 Å². The van der Waals surface area contributed by atoms with Crippen LogP contribution in [0.15, 0.2) is 17.3 Å². The molecular formula is C10H12F3N5O. The van der Waals surface area contributed by atoms with Gasteiger partial charge in [0.15, 0.2) is 0 Å². The first-order valence-electron chi connectivity index (χ1n) is 5.43. The largest absolute Gasteiger partial charge is 0.463 e. The number of anilines is 1. The minimum absolute atomic E-state index is 0.0181. The molecule has 0 bridgehead atoms. The minimum atomic E-state index is -4.49. The molecule has 0 spiro atoms. The van der Waals surface area contributed by atoms with E-state index in [1.165, 1.54) is 4.90 Å². The molecule has 9 heteroatoms. The number of nitrogens with zero attached hydrogens (tertiary/aromatic N) is 4. The van der Waals surface area contributed by atoms with Crippen LogP contribution in [0.2, 0.25) is 0 Å². The average molecular weight is 275 g/mol. The van der Waals surface area contributed by atoms with E-state index < -0.39 is 11.9 Å². The second-order valence-corrected chi connectivity index (χ2v) is 4.05. The van der Waals surface area contributed by atoms with Gasteiger partial charge in [-0.2, -0.15) is 13.2 Å². The van der Waals surface area contributed by atoms with E-state index in [-0.39, 0.29) is 18.0 Å². The van der Waals surface area contributed by atoms with Gasteiger partial charge in [-0.15, -0.1) is 0 Å². The van der Waals surface area contributed by atoms with Crippen molar-refractivity contribution in [2.75, 3.05) is 25.1 Å². The molecule has 2 heterocycles. The summed E-state index contributed by atoms with van der Waals surface area (Å²) in [6.07, 6.45) is -3.41. The zero-order valence-electron chi connectivity index (χ0n) is 10.1. The molecule has 0 saturated heterocycles. The Morgan fingerprint density at radius 1 is 1.53 bits per heavy atom. The number of rotatable bonds is 3. The van der Waals surface area contributed by atoms with Crippen molar-refractivity contribution >= 4 is 12.0 Å². The second kappa shape index (κ2) is 4.90. The standard InChI is InChI=1S/C10H12F3N5O/c1-18(4-6-5-19-8(14)16-6)9-15-3-2-7(17-9)10(11,12)13/h2-3,6H,4-5H2,1H3,(H2,14,16)/t6-/m0/s1. The highest BCUT2D eigenvalue weighted by Gasteiger charge is 2.33. The van der Waals surface area contributed by atoms with E-state index in [9.17, 15) is 13.2 Å². The first-order valence-corrected chi connectivity index (χ1v) is 5.43. The SMILES string of the molecule is CN(C[C@H]1COC(N)=N1)c1nccc(C(F)(F)F)n1. The summed E-state index contributed by atoms with van der Waals surface area (Å²) in [5, 5.41) is 0. The first kappa shape index (κ1) is 13.4. The summed E-state index contributed by atoms with van der Waals surface area (Å²) >= 11 is 0. The third-order valence-corrected chi connectivity index (χ3v) is 2.49. The molecule has 0 unspecified atom stereocenters. The number of likely N-dealkylation sites (N-methyl/N-ethyl adjacent to an activating group) is 1. The fourth-order valence-corrected chi connectivity index (χ4v) is 1.62. The van der Waals surface area contributed by atoms with Crippen LogP contribution < -0.4 is 10.6 Å². The third-order valence-electron chi connectivity index (χ3n) is 2.49. The first-order chi connectivity index (χ1) is 8.86. The van der Waals surface area contributed by atoms with E-state index in [0.29, 0.717) is 13.2 Å². The van der Waals surface area contributed by atoms with Crippen LogP contribution >= 0.6 is 0 Å². The predicted molar refractivity (Wildman–Crippen MR) is 61.7 cm³/mol. The molecule has 0 amide bonds. The van der Waals surface area contributed by atoms with Gasteiger partial charge < -0.3 is 15.4 Å². The van der Waals surface area contributed by atoms with Gasteiger partial charge in [-0.1, -0.05) is 0 Å². The normalized spacial score (nSPS) is 18.9. The lowest BCUT2D eigenvalue weighted by molar-refractivity contribution is -0.141. The van der Waals surface area contributed by atoms with Crippen LogP contribution in [0.25, 0.3) is 0 Å². The third kappa shape index (κ3) is 3.24. The topological polar surface area (TPSA) is 76.6 Å². The number of ether oxygens (including phenoxy) is 1. The Morgan fingerprint density at radius 3 is 2.84 bits per heavy atom. The molecule has 6 nitrogen and oxygen atoms in total. The fraction of sp³-hybridized carbons (Fsp3) is 0.500. The minimum Gasteiger partial charge on any atom is -0.463 e. The molecule has 1 aromatic heterocycles. The Morgan fingerprint density at radius 2 is 2.26 bits per heavy atom. The van der Waals surface area contributed by atoms with Gasteiger partial charge in [-0.3, -0.25) is 0 Å². The molecule has 2 N–H and O–H groups in total. The van der Waals surface area contributed by atoms with Crippen molar-refractivity contribution in [3.8, 4) is 0 Å². The van der Waals surface area contributed by atoms with Crippen LogP contribution in [-0.2, 0) is 10.9 Å². The monoisotopic (exact) mass is 275 g/mol. The molecule has 104 valence electrons. The Labute approximate surface area is 107 Å². The number of hydrogen-bond acceptors (Lipinski definition) is 6. The van der Waals surface area contributed by atoms with Gasteiger partial charge in [-0.25, -0.2) is 15.0 Å². The number of aliphatic imine (C=N–C) groups is 1. The van der Waals surface area contributed by atoms with E-state index in [4.69, 9.17) is 10.5 Å². The smallest absolute Gasteiger partial charge is 0.433 e. The number of halogens is 3. The lowest BCUT2D eigenvalue weighted by Gasteiger charge is -2.19. The summed E-state index contributed by atoms with van der Waals surface area (Å²) in [6.45, 7) is 0.622. The molecule has 19 heavy (non-hydrogen) atoms. The highest BCUT2D eigenvalue weighted by molar-refractivity contribution is 5.73. The molecule has 0 aromatic carbocycles. The van der Waals surface area contributed by atoms with E-state index in [1.807, 2.05) is 0 Å². The summed E-state index contributed by atoms with van der Waals surface area (Å²) in [4.78, 5) is 12.7. The zero-order chi connectivity index (χ0) is 14.0. The maximum atomic E-state index is 12.5. The number of aromatic nitrogens is 2. The molecule has 2 rings (SSSR count). The molecule has 0 radical (unpaired) electrons. The van der Waals surface area contributed by atoms with Crippen molar-refractivity contribution in [2.45, 2.75) is 12.2 Å². The quantitative estimate of drug-likeness (QED) is 0.876. The van der Waals surface area contributed by atoms with E-state index >= 15 is 0 Å². The van der Waals surface area contributed by atoms with Gasteiger partial charge in [0, 0.05) is 19.8 Å². The van der Waals surface area contributed by atoms with Gasteiger partial charge >= 0.3 is 6.18 Å². The zero-order valence-corrected chi connectivity index (χ0v) is 10.1. The number of alkyl halides is 3. The van der Waals surface area contributed by atoms with Crippen molar-refractivity contribution in [3.05, 3.63) is 18.0 Å². The summed E-state index contributed by atoms with van der Waals surface area (Å²) in [5.41, 5.74) is 4.37. The Kier molecular flexibility index (Phi) is 3.45. The molecular weight excluding hydrogens is 263 g/mol. The highest BCUT2D eigenvalue weighted by atomic mass is 19.4. The van der Waals surface area contributed by atoms with Gasteiger partial charge in [0.1, 0.15) is 18.3 Å². The van der Waals surface area contributed by atoms with E-state index in [2.05, 4.69) is 15.0 Å². The van der Waals surface area contributed by atoms with Crippen LogP contribution in [-0.4, -0.2) is 42.2 Å². The van der Waals surface area contributed by atoms with Crippen LogP contribution in [0.4, 0.5) is 19.1 Å². The summed E-state index contributed by atoms with van der Waals surface area (Å²) in [5.74, 6) is -0.0181. The lowest BCUT2D eigenvalue weighted by atomic mass is 10.3. The van der Waals surface area contributed by atoms with E-state index in [0.717, 1.165) is 12.3 Å². The Hall–Kier alpha value is -2.06. The molecule has 0 aliphatic carbocycles. The predicted octanol–water partition coefficient (Wildman–Crippen LogP) is 0.645. The number of nitrogens with two attached hydrogens (primary N) is 1. The van der Waals surface area contributed by atoms with Crippen molar-refractivity contribution in [2.24, 2.45) is 10.7 Å². The summed E-state index contributed by atoms with van der Waals surface area (Å²) < 4.78 is 42.5. The van der Waals surface area contributed by atoms with Crippen molar-refractivity contribution in [1.29, 1.82) is 0 Å². The molecule has 1 aliphatic rings. The van der Waals surface area contributed by atoms with Crippen LogP contribution in [0.1, 0.15) is 5.69 Å². The maximum Gasteiger partial charge on any atom is 0.433 e. The van der Waals surface area contributed by atoms with Crippen LogP contribution in [0.3, 0.4) is 0 Å². The lowest BCUT2D eigenvalue weighted by Crippen LogP contribution is -2.30.